The van der Waals surface area contributed by atoms with E-state index < -0.39 is 0 Å². The standard InChI is InChI=1S/C14H12O2.C13H19N/c1-11-2-4-12(5-3-11)13-6-8-14(9-7-13)16-10-15;1-11-3-5-13(6-4-11)14-9-7-12(2)8-10-14/h2-10H,1H3;3-6,12H,7-10H2,1-2H3. The van der Waals surface area contributed by atoms with Crippen molar-refractivity contribution in [2.75, 3.05) is 18.0 Å². The fourth-order valence-electron chi connectivity index (χ4n) is 3.55. The van der Waals surface area contributed by atoms with Crippen molar-refractivity contribution in [3.63, 3.8) is 0 Å². The van der Waals surface area contributed by atoms with E-state index in [9.17, 15) is 4.79 Å². The maximum Gasteiger partial charge on any atom is 0.298 e. The number of hydrogen-bond donors (Lipinski definition) is 0. The van der Waals surface area contributed by atoms with Gasteiger partial charge in [-0.1, -0.05) is 66.6 Å². The van der Waals surface area contributed by atoms with Gasteiger partial charge in [-0.2, -0.15) is 0 Å². The number of benzene rings is 3. The molecule has 3 aromatic carbocycles. The molecule has 0 aromatic heterocycles. The topological polar surface area (TPSA) is 29.5 Å². The zero-order valence-corrected chi connectivity index (χ0v) is 18.2. The average Bonchev–Trinajstić information content (AvgIpc) is 2.77. The Bertz CT molecular complexity index is 907. The summed E-state index contributed by atoms with van der Waals surface area (Å²) in [5, 5.41) is 0. The Morgan fingerprint density at radius 2 is 1.23 bits per heavy atom. The van der Waals surface area contributed by atoms with Gasteiger partial charge in [-0.15, -0.1) is 0 Å². The molecule has 0 bridgehead atoms. The van der Waals surface area contributed by atoms with Gasteiger partial charge in [-0.05, 0) is 68.0 Å². The van der Waals surface area contributed by atoms with Gasteiger partial charge in [0.1, 0.15) is 5.75 Å². The molecule has 0 atom stereocenters. The normalized spacial score (nSPS) is 13.9. The maximum atomic E-state index is 10.1. The van der Waals surface area contributed by atoms with Crippen LogP contribution in [0.15, 0.2) is 72.8 Å². The smallest absolute Gasteiger partial charge is 0.298 e. The zero-order chi connectivity index (χ0) is 21.3. The van der Waals surface area contributed by atoms with Crippen LogP contribution in [0.4, 0.5) is 5.69 Å². The van der Waals surface area contributed by atoms with Crippen molar-refractivity contribution in [1.29, 1.82) is 0 Å². The molecule has 30 heavy (non-hydrogen) atoms. The van der Waals surface area contributed by atoms with Crippen molar-refractivity contribution in [3.05, 3.63) is 83.9 Å². The highest BCUT2D eigenvalue weighted by molar-refractivity contribution is 5.64. The van der Waals surface area contributed by atoms with Crippen LogP contribution in [0.5, 0.6) is 5.75 Å². The number of carbonyl (C=O) groups is 1. The summed E-state index contributed by atoms with van der Waals surface area (Å²) < 4.78 is 4.74. The number of hydrogen-bond acceptors (Lipinski definition) is 3. The summed E-state index contributed by atoms with van der Waals surface area (Å²) in [7, 11) is 0. The monoisotopic (exact) mass is 401 g/mol. The molecule has 3 heteroatoms. The van der Waals surface area contributed by atoms with Crippen molar-refractivity contribution in [1.82, 2.24) is 0 Å². The number of anilines is 1. The van der Waals surface area contributed by atoms with Crippen LogP contribution < -0.4 is 9.64 Å². The average molecular weight is 402 g/mol. The van der Waals surface area contributed by atoms with Crippen molar-refractivity contribution in [3.8, 4) is 16.9 Å². The molecule has 0 unspecified atom stereocenters. The van der Waals surface area contributed by atoms with Crippen LogP contribution in [0.2, 0.25) is 0 Å². The number of rotatable bonds is 4. The summed E-state index contributed by atoms with van der Waals surface area (Å²) in [4.78, 5) is 12.6. The van der Waals surface area contributed by atoms with E-state index in [-0.39, 0.29) is 0 Å². The molecule has 1 aliphatic rings. The van der Waals surface area contributed by atoms with Gasteiger partial charge in [0.25, 0.3) is 6.47 Å². The Labute approximate surface area is 180 Å². The summed E-state index contributed by atoms with van der Waals surface area (Å²) in [5.74, 6) is 1.47. The molecule has 0 saturated carbocycles. The van der Waals surface area contributed by atoms with E-state index in [2.05, 4.69) is 74.2 Å². The number of ether oxygens (including phenoxy) is 1. The predicted molar refractivity (Wildman–Crippen MR) is 125 cm³/mol. The largest absolute Gasteiger partial charge is 0.429 e. The lowest BCUT2D eigenvalue weighted by Crippen LogP contribution is -2.32. The number of nitrogens with zero attached hydrogens (tertiary/aromatic N) is 1. The molecular formula is C27H31NO2. The highest BCUT2D eigenvalue weighted by atomic mass is 16.5. The van der Waals surface area contributed by atoms with Gasteiger partial charge >= 0.3 is 0 Å². The molecular weight excluding hydrogens is 370 g/mol. The van der Waals surface area contributed by atoms with E-state index in [1.54, 1.807) is 12.1 Å². The van der Waals surface area contributed by atoms with Crippen LogP contribution in [-0.2, 0) is 4.79 Å². The van der Waals surface area contributed by atoms with Crippen LogP contribution in [0.25, 0.3) is 11.1 Å². The Hall–Kier alpha value is -3.07. The SMILES string of the molecule is Cc1ccc(-c2ccc(OC=O)cc2)cc1.Cc1ccc(N2CCC(C)CC2)cc1. The van der Waals surface area contributed by atoms with Crippen molar-refractivity contribution in [2.45, 2.75) is 33.6 Å². The fraction of sp³-hybridized carbons (Fsp3) is 0.296. The Morgan fingerprint density at radius 3 is 1.73 bits per heavy atom. The first-order chi connectivity index (χ1) is 14.5. The summed E-state index contributed by atoms with van der Waals surface area (Å²) in [5.41, 5.74) is 6.24. The Morgan fingerprint density at radius 1 is 0.767 bits per heavy atom. The fourth-order valence-corrected chi connectivity index (χ4v) is 3.55. The molecule has 1 saturated heterocycles. The molecule has 3 nitrogen and oxygen atoms in total. The summed E-state index contributed by atoms with van der Waals surface area (Å²) in [6.07, 6.45) is 2.68. The van der Waals surface area contributed by atoms with Gasteiger partial charge < -0.3 is 9.64 Å². The van der Waals surface area contributed by atoms with E-state index in [0.717, 1.165) is 17.0 Å². The van der Waals surface area contributed by atoms with Crippen molar-refractivity contribution >= 4 is 12.2 Å². The highest BCUT2D eigenvalue weighted by Gasteiger charge is 2.15. The summed E-state index contributed by atoms with van der Waals surface area (Å²) in [6.45, 7) is 9.44. The van der Waals surface area contributed by atoms with Gasteiger partial charge in [0, 0.05) is 18.8 Å². The second kappa shape index (κ2) is 10.6. The van der Waals surface area contributed by atoms with Gasteiger partial charge in [-0.3, -0.25) is 4.79 Å². The Kier molecular flexibility index (Phi) is 7.67. The predicted octanol–water partition coefficient (Wildman–Crippen LogP) is 6.43. The molecule has 0 aliphatic carbocycles. The molecule has 1 fully saturated rings. The first kappa shape index (κ1) is 21.6. The molecule has 1 heterocycles. The third-order valence-electron chi connectivity index (χ3n) is 5.61. The lowest BCUT2D eigenvalue weighted by atomic mass is 9.99. The molecule has 0 N–H and O–H groups in total. The molecule has 1 aliphatic heterocycles. The first-order valence-electron chi connectivity index (χ1n) is 10.6. The van der Waals surface area contributed by atoms with E-state index in [1.807, 2.05) is 12.1 Å². The minimum atomic E-state index is 0.431. The zero-order valence-electron chi connectivity index (χ0n) is 18.2. The second-order valence-corrected chi connectivity index (χ2v) is 8.11. The van der Waals surface area contributed by atoms with Crippen molar-refractivity contribution in [2.24, 2.45) is 5.92 Å². The minimum absolute atomic E-state index is 0.431. The molecule has 0 radical (unpaired) electrons. The van der Waals surface area contributed by atoms with E-state index in [0.29, 0.717) is 12.2 Å². The van der Waals surface area contributed by atoms with Gasteiger partial charge in [0.2, 0.25) is 0 Å². The quantitative estimate of drug-likeness (QED) is 0.472. The lowest BCUT2D eigenvalue weighted by molar-refractivity contribution is -0.120. The summed E-state index contributed by atoms with van der Waals surface area (Å²) in [6, 6.07) is 24.6. The minimum Gasteiger partial charge on any atom is -0.429 e. The van der Waals surface area contributed by atoms with Crippen LogP contribution in [0.3, 0.4) is 0 Å². The van der Waals surface area contributed by atoms with Crippen molar-refractivity contribution < 1.29 is 9.53 Å². The third-order valence-corrected chi connectivity index (χ3v) is 5.61. The molecule has 0 spiro atoms. The molecule has 156 valence electrons. The van der Waals surface area contributed by atoms with E-state index in [4.69, 9.17) is 4.74 Å². The number of carbonyl (C=O) groups excluding carboxylic acids is 1. The molecule has 3 aromatic rings. The molecule has 4 rings (SSSR count). The van der Waals surface area contributed by atoms with Gasteiger partial charge in [-0.25, -0.2) is 0 Å². The molecule has 0 amide bonds. The number of piperidine rings is 1. The van der Waals surface area contributed by atoms with Crippen LogP contribution in [-0.4, -0.2) is 19.6 Å². The summed E-state index contributed by atoms with van der Waals surface area (Å²) >= 11 is 0. The first-order valence-corrected chi connectivity index (χ1v) is 10.6. The maximum absolute atomic E-state index is 10.1. The second-order valence-electron chi connectivity index (χ2n) is 8.11. The van der Waals surface area contributed by atoms with Crippen LogP contribution in [0.1, 0.15) is 30.9 Å². The number of aryl methyl sites for hydroxylation is 2. The van der Waals surface area contributed by atoms with E-state index >= 15 is 0 Å². The lowest BCUT2D eigenvalue weighted by Gasteiger charge is -2.32. The van der Waals surface area contributed by atoms with Crippen LogP contribution in [0, 0.1) is 19.8 Å². The Balaban J connectivity index is 0.000000172. The highest BCUT2D eigenvalue weighted by Crippen LogP contribution is 2.23. The van der Waals surface area contributed by atoms with Gasteiger partial charge in [0.15, 0.2) is 0 Å². The third kappa shape index (κ3) is 6.21. The van der Waals surface area contributed by atoms with E-state index in [1.165, 1.54) is 42.7 Å². The van der Waals surface area contributed by atoms with Gasteiger partial charge in [0.05, 0.1) is 0 Å². The van der Waals surface area contributed by atoms with Crippen LogP contribution >= 0.6 is 0 Å².